The van der Waals surface area contributed by atoms with Gasteiger partial charge >= 0.3 is 0 Å². The van der Waals surface area contributed by atoms with Crippen LogP contribution in [0.25, 0.3) is 11.3 Å². The number of hydrogen-bond donors (Lipinski definition) is 1. The number of aryl methyl sites for hydroxylation is 1. The van der Waals surface area contributed by atoms with Crippen molar-refractivity contribution >= 4 is 17.2 Å². The molecule has 1 N–H and O–H groups in total. The lowest BCUT2D eigenvalue weighted by Crippen LogP contribution is -2.02. The van der Waals surface area contributed by atoms with Crippen LogP contribution in [0.15, 0.2) is 11.4 Å². The Kier molecular flexibility index (Phi) is 2.92. The summed E-state index contributed by atoms with van der Waals surface area (Å²) in [6.45, 7) is 6.28. The van der Waals surface area contributed by atoms with Crippen molar-refractivity contribution in [3.8, 4) is 11.3 Å². The molecule has 0 amide bonds. The smallest absolute Gasteiger partial charge is 0.151 e. The van der Waals surface area contributed by atoms with Gasteiger partial charge in [0.15, 0.2) is 5.82 Å². The number of nitrogens with one attached hydrogen (secondary N) is 1. The average molecular weight is 233 g/mol. The van der Waals surface area contributed by atoms with Crippen molar-refractivity contribution in [2.75, 3.05) is 12.4 Å². The zero-order valence-corrected chi connectivity index (χ0v) is 10.8. The topological polar surface area (TPSA) is 37.8 Å². The number of anilines is 1. The monoisotopic (exact) mass is 233 g/mol. The van der Waals surface area contributed by atoms with E-state index in [9.17, 15) is 0 Å². The molecule has 0 aliphatic carbocycles. The number of aromatic nitrogens is 2. The highest BCUT2D eigenvalue weighted by Gasteiger charge is 2.12. The molecule has 0 radical (unpaired) electrons. The van der Waals surface area contributed by atoms with Crippen molar-refractivity contribution in [2.45, 2.75) is 20.8 Å². The molecule has 0 saturated carbocycles. The van der Waals surface area contributed by atoms with Crippen LogP contribution in [0.2, 0.25) is 0 Å². The minimum atomic E-state index is 0.856. The molecule has 0 spiro atoms. The number of nitrogens with zero attached hydrogens (tertiary/aromatic N) is 2. The molecule has 0 unspecified atom stereocenters. The maximum atomic E-state index is 4.31. The van der Waals surface area contributed by atoms with Gasteiger partial charge in [-0.3, -0.25) is 0 Å². The standard InChI is InChI=1S/C12H15N3S/c1-7-8(2)12(13-4)15-14-11(7)10-5-6-16-9(10)3/h5-6H,1-4H3,(H,13,15). The Labute approximate surface area is 99.5 Å². The second-order valence-electron chi connectivity index (χ2n) is 3.79. The fourth-order valence-electron chi connectivity index (χ4n) is 1.73. The van der Waals surface area contributed by atoms with Crippen molar-refractivity contribution in [1.29, 1.82) is 0 Å². The van der Waals surface area contributed by atoms with Gasteiger partial charge in [0.2, 0.25) is 0 Å². The Hall–Kier alpha value is -1.42. The fourth-order valence-corrected chi connectivity index (χ4v) is 2.43. The summed E-state index contributed by atoms with van der Waals surface area (Å²) in [5, 5.41) is 13.6. The first-order valence-electron chi connectivity index (χ1n) is 5.21. The first-order chi connectivity index (χ1) is 7.65. The first kappa shape index (κ1) is 11.1. The van der Waals surface area contributed by atoms with Crippen LogP contribution in [-0.2, 0) is 0 Å². The molecule has 0 aliphatic heterocycles. The largest absolute Gasteiger partial charge is 0.371 e. The summed E-state index contributed by atoms with van der Waals surface area (Å²) in [5.74, 6) is 0.856. The summed E-state index contributed by atoms with van der Waals surface area (Å²) < 4.78 is 0. The molecule has 2 heterocycles. The minimum absolute atomic E-state index is 0.856. The van der Waals surface area contributed by atoms with Gasteiger partial charge in [0.25, 0.3) is 0 Å². The molecule has 2 aromatic rings. The van der Waals surface area contributed by atoms with Gasteiger partial charge in [-0.2, -0.15) is 0 Å². The van der Waals surface area contributed by atoms with Crippen LogP contribution < -0.4 is 5.32 Å². The first-order valence-corrected chi connectivity index (χ1v) is 6.09. The molecule has 0 atom stereocenters. The summed E-state index contributed by atoms with van der Waals surface area (Å²) in [7, 11) is 1.87. The van der Waals surface area contributed by atoms with Crippen LogP contribution in [0.1, 0.15) is 16.0 Å². The normalized spacial score (nSPS) is 10.5. The molecule has 2 rings (SSSR count). The molecule has 4 heteroatoms. The van der Waals surface area contributed by atoms with E-state index in [1.807, 2.05) is 7.05 Å². The molecule has 16 heavy (non-hydrogen) atoms. The highest BCUT2D eigenvalue weighted by Crippen LogP contribution is 2.30. The summed E-state index contributed by atoms with van der Waals surface area (Å²) in [5.41, 5.74) is 4.55. The molecular formula is C12H15N3S. The third-order valence-electron chi connectivity index (χ3n) is 2.87. The summed E-state index contributed by atoms with van der Waals surface area (Å²) in [4.78, 5) is 1.29. The zero-order chi connectivity index (χ0) is 11.7. The van der Waals surface area contributed by atoms with Gasteiger partial charge in [-0.15, -0.1) is 21.5 Å². The number of hydrogen-bond acceptors (Lipinski definition) is 4. The van der Waals surface area contributed by atoms with Crippen LogP contribution in [0, 0.1) is 20.8 Å². The van der Waals surface area contributed by atoms with E-state index in [4.69, 9.17) is 0 Å². The Morgan fingerprint density at radius 1 is 1.12 bits per heavy atom. The van der Waals surface area contributed by atoms with Crippen molar-refractivity contribution in [1.82, 2.24) is 10.2 Å². The highest BCUT2D eigenvalue weighted by molar-refractivity contribution is 7.10. The van der Waals surface area contributed by atoms with Gasteiger partial charge in [0.1, 0.15) is 0 Å². The molecular weight excluding hydrogens is 218 g/mol. The maximum absolute atomic E-state index is 4.31. The van der Waals surface area contributed by atoms with Gasteiger partial charge < -0.3 is 5.32 Å². The highest BCUT2D eigenvalue weighted by atomic mass is 32.1. The summed E-state index contributed by atoms with van der Waals surface area (Å²) >= 11 is 1.74. The Morgan fingerprint density at radius 3 is 2.44 bits per heavy atom. The quantitative estimate of drug-likeness (QED) is 0.865. The molecule has 0 aliphatic rings. The van der Waals surface area contributed by atoms with Crippen molar-refractivity contribution in [2.24, 2.45) is 0 Å². The Balaban J connectivity index is 2.60. The lowest BCUT2D eigenvalue weighted by molar-refractivity contribution is 1.00. The van der Waals surface area contributed by atoms with Crippen LogP contribution in [-0.4, -0.2) is 17.2 Å². The lowest BCUT2D eigenvalue weighted by atomic mass is 10.0. The van der Waals surface area contributed by atoms with E-state index in [0.29, 0.717) is 0 Å². The van der Waals surface area contributed by atoms with Crippen molar-refractivity contribution in [3.05, 3.63) is 27.5 Å². The molecule has 0 aromatic carbocycles. The second-order valence-corrected chi connectivity index (χ2v) is 4.91. The van der Waals surface area contributed by atoms with E-state index in [0.717, 1.165) is 17.1 Å². The molecule has 0 saturated heterocycles. The van der Waals surface area contributed by atoms with Crippen LogP contribution in [0.5, 0.6) is 0 Å². The van der Waals surface area contributed by atoms with Crippen LogP contribution in [0.3, 0.4) is 0 Å². The number of thiophene rings is 1. The fraction of sp³-hybridized carbons (Fsp3) is 0.333. The third kappa shape index (κ3) is 1.69. The molecule has 0 fully saturated rings. The van der Waals surface area contributed by atoms with Crippen LogP contribution in [0.4, 0.5) is 5.82 Å². The molecule has 2 aromatic heterocycles. The second kappa shape index (κ2) is 4.22. The predicted octanol–water partition coefficient (Wildman–Crippen LogP) is 3.17. The summed E-state index contributed by atoms with van der Waals surface area (Å²) in [6, 6.07) is 2.11. The van der Waals surface area contributed by atoms with E-state index in [2.05, 4.69) is 47.7 Å². The SMILES string of the molecule is CNc1nnc(-c2ccsc2C)c(C)c1C. The van der Waals surface area contributed by atoms with E-state index < -0.39 is 0 Å². The molecule has 0 bridgehead atoms. The molecule has 3 nitrogen and oxygen atoms in total. The van der Waals surface area contributed by atoms with Gasteiger partial charge in [-0.25, -0.2) is 0 Å². The molecule has 84 valence electrons. The van der Waals surface area contributed by atoms with Crippen molar-refractivity contribution in [3.63, 3.8) is 0 Å². The van der Waals surface area contributed by atoms with E-state index >= 15 is 0 Å². The van der Waals surface area contributed by atoms with Gasteiger partial charge in [0.05, 0.1) is 5.69 Å². The van der Waals surface area contributed by atoms with Gasteiger partial charge in [-0.1, -0.05) is 0 Å². The van der Waals surface area contributed by atoms with Gasteiger partial charge in [-0.05, 0) is 43.3 Å². The van der Waals surface area contributed by atoms with E-state index in [-0.39, 0.29) is 0 Å². The Morgan fingerprint density at radius 2 is 1.88 bits per heavy atom. The average Bonchev–Trinajstić information content (AvgIpc) is 2.69. The van der Waals surface area contributed by atoms with E-state index in [1.54, 1.807) is 11.3 Å². The Bertz CT molecular complexity index is 517. The van der Waals surface area contributed by atoms with Crippen molar-refractivity contribution < 1.29 is 0 Å². The predicted molar refractivity (Wildman–Crippen MR) is 69.1 cm³/mol. The maximum Gasteiger partial charge on any atom is 0.151 e. The zero-order valence-electron chi connectivity index (χ0n) is 9.96. The number of rotatable bonds is 2. The van der Waals surface area contributed by atoms with Crippen LogP contribution >= 0.6 is 11.3 Å². The summed E-state index contributed by atoms with van der Waals surface area (Å²) in [6.07, 6.45) is 0. The minimum Gasteiger partial charge on any atom is -0.371 e. The third-order valence-corrected chi connectivity index (χ3v) is 3.72. The van der Waals surface area contributed by atoms with Gasteiger partial charge in [0, 0.05) is 17.5 Å². The lowest BCUT2D eigenvalue weighted by Gasteiger charge is -2.10. The van der Waals surface area contributed by atoms with E-state index in [1.165, 1.54) is 16.0 Å².